The van der Waals surface area contributed by atoms with Crippen molar-refractivity contribution >= 4 is 6.09 Å². The summed E-state index contributed by atoms with van der Waals surface area (Å²) in [5.74, 6) is 0.886. The normalized spacial score (nSPS) is 33.6. The molecule has 0 aromatic carbocycles. The zero-order valence-electron chi connectivity index (χ0n) is 13.4. The third kappa shape index (κ3) is 4.97. The van der Waals surface area contributed by atoms with Gasteiger partial charge in [-0.3, -0.25) is 0 Å². The number of amides is 1. The van der Waals surface area contributed by atoms with E-state index in [2.05, 4.69) is 17.6 Å². The van der Waals surface area contributed by atoms with Gasteiger partial charge in [-0.1, -0.05) is 26.2 Å². The van der Waals surface area contributed by atoms with Crippen LogP contribution in [0.4, 0.5) is 4.79 Å². The second kappa shape index (κ2) is 6.33. The molecule has 0 saturated heterocycles. The number of hydrogen-bond acceptors (Lipinski definition) is 3. The minimum atomic E-state index is -0.417. The first-order valence-electron chi connectivity index (χ1n) is 8.13. The van der Waals surface area contributed by atoms with Crippen molar-refractivity contribution in [2.24, 2.45) is 5.92 Å². The van der Waals surface area contributed by atoms with Gasteiger partial charge in [0, 0.05) is 18.1 Å². The summed E-state index contributed by atoms with van der Waals surface area (Å²) >= 11 is 0. The maximum Gasteiger partial charge on any atom is 0.407 e. The summed E-state index contributed by atoms with van der Waals surface area (Å²) in [5, 5.41) is 6.66. The quantitative estimate of drug-likeness (QED) is 0.832. The SMILES string of the molecule is CCC1CCCC(NC2CC2NC(=O)OC(C)(C)C)C1. The van der Waals surface area contributed by atoms with Gasteiger partial charge in [-0.15, -0.1) is 0 Å². The van der Waals surface area contributed by atoms with Gasteiger partial charge in [0.15, 0.2) is 0 Å². The topological polar surface area (TPSA) is 50.4 Å². The zero-order chi connectivity index (χ0) is 14.8. The number of rotatable bonds is 4. The largest absolute Gasteiger partial charge is 0.444 e. The molecule has 0 aromatic heterocycles. The van der Waals surface area contributed by atoms with Gasteiger partial charge in [0.1, 0.15) is 5.60 Å². The number of hydrogen-bond donors (Lipinski definition) is 2. The molecule has 0 aromatic rings. The van der Waals surface area contributed by atoms with Crippen LogP contribution in [0.3, 0.4) is 0 Å². The number of alkyl carbamates (subject to hydrolysis) is 1. The highest BCUT2D eigenvalue weighted by Gasteiger charge is 2.40. The lowest BCUT2D eigenvalue weighted by molar-refractivity contribution is 0.0521. The molecule has 2 saturated carbocycles. The highest BCUT2D eigenvalue weighted by Crippen LogP contribution is 2.30. The Hall–Kier alpha value is -0.770. The second-order valence-corrected chi connectivity index (χ2v) is 7.40. The predicted molar refractivity (Wildman–Crippen MR) is 80.7 cm³/mol. The highest BCUT2D eigenvalue weighted by atomic mass is 16.6. The summed E-state index contributed by atoms with van der Waals surface area (Å²) in [7, 11) is 0. The lowest BCUT2D eigenvalue weighted by Gasteiger charge is -2.29. The van der Waals surface area contributed by atoms with Crippen LogP contribution in [-0.2, 0) is 4.74 Å². The van der Waals surface area contributed by atoms with Crippen molar-refractivity contribution in [2.75, 3.05) is 0 Å². The number of carbonyl (C=O) groups excluding carboxylic acids is 1. The highest BCUT2D eigenvalue weighted by molar-refractivity contribution is 5.68. The van der Waals surface area contributed by atoms with Gasteiger partial charge < -0.3 is 15.4 Å². The molecule has 0 radical (unpaired) electrons. The van der Waals surface area contributed by atoms with Crippen molar-refractivity contribution < 1.29 is 9.53 Å². The van der Waals surface area contributed by atoms with Crippen LogP contribution in [0.1, 0.15) is 66.2 Å². The average Bonchev–Trinajstić information content (AvgIpc) is 3.04. The first-order chi connectivity index (χ1) is 9.37. The Balaban J connectivity index is 1.66. The molecule has 4 atom stereocenters. The molecular weight excluding hydrogens is 252 g/mol. The molecule has 0 heterocycles. The minimum absolute atomic E-state index is 0.256. The molecule has 116 valence electrons. The molecule has 4 heteroatoms. The first kappa shape index (κ1) is 15.6. The number of carbonyl (C=O) groups is 1. The van der Waals surface area contributed by atoms with Crippen molar-refractivity contribution in [3.8, 4) is 0 Å². The van der Waals surface area contributed by atoms with E-state index >= 15 is 0 Å². The Morgan fingerprint density at radius 3 is 2.60 bits per heavy atom. The van der Waals surface area contributed by atoms with Crippen LogP contribution >= 0.6 is 0 Å². The van der Waals surface area contributed by atoms with E-state index in [-0.39, 0.29) is 12.1 Å². The smallest absolute Gasteiger partial charge is 0.407 e. The van der Waals surface area contributed by atoms with Crippen LogP contribution in [-0.4, -0.2) is 29.8 Å². The Morgan fingerprint density at radius 2 is 1.95 bits per heavy atom. The summed E-state index contributed by atoms with van der Waals surface area (Å²) in [4.78, 5) is 11.7. The van der Waals surface area contributed by atoms with E-state index in [1.54, 1.807) is 0 Å². The van der Waals surface area contributed by atoms with E-state index < -0.39 is 5.60 Å². The summed E-state index contributed by atoms with van der Waals surface area (Å²) in [6.07, 6.45) is 7.35. The Labute approximate surface area is 123 Å². The maximum atomic E-state index is 11.7. The van der Waals surface area contributed by atoms with Crippen LogP contribution in [0.15, 0.2) is 0 Å². The van der Waals surface area contributed by atoms with Crippen molar-refractivity contribution in [3.63, 3.8) is 0 Å². The molecule has 0 aliphatic heterocycles. The fourth-order valence-electron chi connectivity index (χ4n) is 3.11. The summed E-state index contributed by atoms with van der Waals surface area (Å²) in [6, 6.07) is 1.35. The fraction of sp³-hybridized carbons (Fsp3) is 0.938. The van der Waals surface area contributed by atoms with E-state index in [0.717, 1.165) is 12.3 Å². The van der Waals surface area contributed by atoms with Gasteiger partial charge in [0.25, 0.3) is 0 Å². The van der Waals surface area contributed by atoms with Gasteiger partial charge in [0.05, 0.1) is 0 Å². The molecule has 2 rings (SSSR count). The number of nitrogens with one attached hydrogen (secondary N) is 2. The van der Waals surface area contributed by atoms with Crippen molar-refractivity contribution in [1.29, 1.82) is 0 Å². The molecule has 2 fully saturated rings. The third-order valence-electron chi connectivity index (χ3n) is 4.30. The monoisotopic (exact) mass is 282 g/mol. The van der Waals surface area contributed by atoms with Crippen LogP contribution < -0.4 is 10.6 Å². The Morgan fingerprint density at radius 1 is 1.20 bits per heavy atom. The molecular formula is C16H30N2O2. The fourth-order valence-corrected chi connectivity index (χ4v) is 3.11. The van der Waals surface area contributed by atoms with Gasteiger partial charge in [0.2, 0.25) is 0 Å². The van der Waals surface area contributed by atoms with E-state index in [1.807, 2.05) is 20.8 Å². The Kier molecular flexibility index (Phi) is 4.95. The average molecular weight is 282 g/mol. The second-order valence-electron chi connectivity index (χ2n) is 7.40. The summed E-state index contributed by atoms with van der Waals surface area (Å²) in [6.45, 7) is 7.96. The molecule has 0 bridgehead atoms. The third-order valence-corrected chi connectivity index (χ3v) is 4.30. The van der Waals surface area contributed by atoms with Gasteiger partial charge in [-0.2, -0.15) is 0 Å². The standard InChI is InChI=1S/C16H30N2O2/c1-5-11-7-6-8-12(9-11)17-13-10-14(13)18-15(19)20-16(2,3)4/h11-14,17H,5-10H2,1-4H3,(H,18,19). The molecule has 20 heavy (non-hydrogen) atoms. The molecule has 4 nitrogen and oxygen atoms in total. The van der Waals surface area contributed by atoms with Crippen LogP contribution in [0, 0.1) is 5.92 Å². The van der Waals surface area contributed by atoms with Crippen molar-refractivity contribution in [1.82, 2.24) is 10.6 Å². The van der Waals surface area contributed by atoms with Gasteiger partial charge in [-0.05, 0) is 46.0 Å². The predicted octanol–water partition coefficient (Wildman–Crippen LogP) is 3.21. The Bertz CT molecular complexity index is 338. The molecule has 2 aliphatic carbocycles. The summed E-state index contributed by atoms with van der Waals surface area (Å²) in [5.41, 5.74) is -0.417. The van der Waals surface area contributed by atoms with Gasteiger partial charge >= 0.3 is 6.09 Å². The van der Waals surface area contributed by atoms with E-state index in [0.29, 0.717) is 12.1 Å². The lowest BCUT2D eigenvalue weighted by atomic mass is 9.84. The van der Waals surface area contributed by atoms with Crippen molar-refractivity contribution in [3.05, 3.63) is 0 Å². The minimum Gasteiger partial charge on any atom is -0.444 e. The maximum absolute atomic E-state index is 11.7. The van der Waals surface area contributed by atoms with Crippen LogP contribution in [0.5, 0.6) is 0 Å². The van der Waals surface area contributed by atoms with Crippen LogP contribution in [0.2, 0.25) is 0 Å². The lowest BCUT2D eigenvalue weighted by Crippen LogP contribution is -2.40. The zero-order valence-corrected chi connectivity index (χ0v) is 13.4. The molecule has 4 unspecified atom stereocenters. The first-order valence-corrected chi connectivity index (χ1v) is 8.13. The van der Waals surface area contributed by atoms with E-state index in [9.17, 15) is 4.79 Å². The molecule has 0 spiro atoms. The molecule has 2 N–H and O–H groups in total. The van der Waals surface area contributed by atoms with Crippen molar-refractivity contribution in [2.45, 2.75) is 89.9 Å². The van der Waals surface area contributed by atoms with Gasteiger partial charge in [-0.25, -0.2) is 4.79 Å². The van der Waals surface area contributed by atoms with E-state index in [4.69, 9.17) is 4.74 Å². The molecule has 1 amide bonds. The molecule has 2 aliphatic rings. The number of ether oxygens (including phenoxy) is 1. The van der Waals surface area contributed by atoms with E-state index in [1.165, 1.54) is 32.1 Å². The summed E-state index contributed by atoms with van der Waals surface area (Å²) < 4.78 is 5.28. The van der Waals surface area contributed by atoms with Crippen LogP contribution in [0.25, 0.3) is 0 Å².